The lowest BCUT2D eigenvalue weighted by atomic mass is 9.79. The monoisotopic (exact) mass is 235 g/mol. The molecule has 1 amide bonds. The molecule has 0 atom stereocenters. The van der Waals surface area contributed by atoms with E-state index in [0.29, 0.717) is 11.9 Å². The number of amides is 1. The van der Waals surface area contributed by atoms with Gasteiger partial charge < -0.3 is 4.90 Å². The van der Waals surface area contributed by atoms with Crippen LogP contribution in [0.4, 0.5) is 0 Å². The number of nitrogens with zero attached hydrogens (tertiary/aromatic N) is 1. The predicted octanol–water partition coefficient (Wildman–Crippen LogP) is 3.22. The lowest BCUT2D eigenvalue weighted by Crippen LogP contribution is -2.62. The molecular formula is C15H25NO. The zero-order valence-corrected chi connectivity index (χ0v) is 11.7. The van der Waals surface area contributed by atoms with Gasteiger partial charge in [0.05, 0.1) is 5.41 Å². The van der Waals surface area contributed by atoms with E-state index in [2.05, 4.69) is 30.6 Å². The summed E-state index contributed by atoms with van der Waals surface area (Å²) in [6.45, 7) is 8.72. The Morgan fingerprint density at radius 3 is 2.00 bits per heavy atom. The molecule has 17 heavy (non-hydrogen) atoms. The van der Waals surface area contributed by atoms with Crippen LogP contribution in [0.2, 0.25) is 0 Å². The highest BCUT2D eigenvalue weighted by atomic mass is 16.2. The number of β-lactam (4-membered cyclic amide) rings is 1. The summed E-state index contributed by atoms with van der Waals surface area (Å²) >= 11 is 0. The molecule has 0 aromatic heterocycles. The predicted molar refractivity (Wildman–Crippen MR) is 71.5 cm³/mol. The van der Waals surface area contributed by atoms with Crippen molar-refractivity contribution in [3.63, 3.8) is 0 Å². The van der Waals surface area contributed by atoms with E-state index in [4.69, 9.17) is 0 Å². The van der Waals surface area contributed by atoms with Gasteiger partial charge in [0.15, 0.2) is 0 Å². The van der Waals surface area contributed by atoms with Gasteiger partial charge in [-0.1, -0.05) is 19.3 Å². The van der Waals surface area contributed by atoms with E-state index < -0.39 is 0 Å². The molecule has 1 saturated heterocycles. The topological polar surface area (TPSA) is 20.3 Å². The van der Waals surface area contributed by atoms with Crippen LogP contribution in [-0.2, 0) is 4.79 Å². The molecule has 1 heterocycles. The molecule has 0 spiro atoms. The Morgan fingerprint density at radius 1 is 1.12 bits per heavy atom. The molecule has 2 nitrogen and oxygen atoms in total. The summed E-state index contributed by atoms with van der Waals surface area (Å²) in [5.74, 6) is 5.74. The Hall–Kier alpha value is -0.970. The third kappa shape index (κ3) is 3.49. The van der Waals surface area contributed by atoms with Crippen LogP contribution >= 0.6 is 0 Å². The van der Waals surface area contributed by atoms with Gasteiger partial charge in [-0.2, -0.15) is 0 Å². The maximum atomic E-state index is 11.7. The maximum Gasteiger partial charge on any atom is 0.230 e. The molecule has 2 rings (SSSR count). The Labute approximate surface area is 106 Å². The van der Waals surface area contributed by atoms with E-state index in [9.17, 15) is 4.79 Å². The van der Waals surface area contributed by atoms with Crippen molar-refractivity contribution >= 4 is 5.91 Å². The van der Waals surface area contributed by atoms with Crippen LogP contribution in [0.1, 0.15) is 59.8 Å². The highest BCUT2D eigenvalue weighted by Gasteiger charge is 2.46. The average molecular weight is 235 g/mol. The third-order valence-corrected chi connectivity index (χ3v) is 3.67. The van der Waals surface area contributed by atoms with E-state index >= 15 is 0 Å². The molecule has 2 heteroatoms. The van der Waals surface area contributed by atoms with Gasteiger partial charge in [0, 0.05) is 12.6 Å². The van der Waals surface area contributed by atoms with Crippen LogP contribution < -0.4 is 0 Å². The zero-order chi connectivity index (χ0) is 12.9. The van der Waals surface area contributed by atoms with Gasteiger partial charge in [-0.3, -0.25) is 4.79 Å². The minimum atomic E-state index is -0.0581. The number of carbonyl (C=O) groups excluding carboxylic acids is 1. The van der Waals surface area contributed by atoms with Gasteiger partial charge in [-0.25, -0.2) is 0 Å². The third-order valence-electron chi connectivity index (χ3n) is 3.67. The lowest BCUT2D eigenvalue weighted by molar-refractivity contribution is -0.161. The summed E-state index contributed by atoms with van der Waals surface area (Å²) in [6, 6.07) is 0.578. The van der Waals surface area contributed by atoms with E-state index in [1.165, 1.54) is 32.1 Å². The van der Waals surface area contributed by atoms with Gasteiger partial charge in [0.2, 0.25) is 5.91 Å². The van der Waals surface area contributed by atoms with Gasteiger partial charge in [-0.15, -0.1) is 11.8 Å². The second kappa shape index (κ2) is 6.10. The molecule has 1 saturated carbocycles. The fourth-order valence-electron chi connectivity index (χ4n) is 2.55. The summed E-state index contributed by atoms with van der Waals surface area (Å²) in [4.78, 5) is 13.8. The van der Waals surface area contributed by atoms with Crippen molar-refractivity contribution in [3.8, 4) is 11.8 Å². The average Bonchev–Trinajstić information content (AvgIpc) is 2.37. The minimum absolute atomic E-state index is 0.0581. The quantitative estimate of drug-likeness (QED) is 0.505. The van der Waals surface area contributed by atoms with E-state index in [1.54, 1.807) is 0 Å². The first-order chi connectivity index (χ1) is 8.03. The van der Waals surface area contributed by atoms with Crippen molar-refractivity contribution in [1.82, 2.24) is 4.90 Å². The van der Waals surface area contributed by atoms with E-state index in [0.717, 1.165) is 6.54 Å². The second-order valence-electron chi connectivity index (χ2n) is 5.61. The smallest absolute Gasteiger partial charge is 0.230 e. The molecule has 0 aromatic rings. The van der Waals surface area contributed by atoms with Crippen LogP contribution in [0.25, 0.3) is 0 Å². The highest BCUT2D eigenvalue weighted by molar-refractivity contribution is 5.88. The first kappa shape index (κ1) is 14.1. The van der Waals surface area contributed by atoms with Gasteiger partial charge in [-0.05, 0) is 40.5 Å². The molecule has 2 aliphatic rings. The van der Waals surface area contributed by atoms with Crippen molar-refractivity contribution in [2.45, 2.75) is 65.8 Å². The van der Waals surface area contributed by atoms with Gasteiger partial charge in [0.1, 0.15) is 0 Å². The number of hydrogen-bond donors (Lipinski definition) is 0. The summed E-state index contributed by atoms with van der Waals surface area (Å²) in [7, 11) is 0. The van der Waals surface area contributed by atoms with E-state index in [-0.39, 0.29) is 5.41 Å². The van der Waals surface area contributed by atoms with Gasteiger partial charge in [0.25, 0.3) is 0 Å². The first-order valence-electron chi connectivity index (χ1n) is 6.67. The van der Waals surface area contributed by atoms with Crippen LogP contribution in [0.3, 0.4) is 0 Å². The van der Waals surface area contributed by atoms with Crippen molar-refractivity contribution in [3.05, 3.63) is 0 Å². The summed E-state index contributed by atoms with van der Waals surface area (Å²) in [6.07, 6.45) is 6.47. The van der Waals surface area contributed by atoms with Crippen LogP contribution in [0.5, 0.6) is 0 Å². The van der Waals surface area contributed by atoms with Crippen molar-refractivity contribution in [2.24, 2.45) is 5.41 Å². The van der Waals surface area contributed by atoms with Crippen molar-refractivity contribution < 1.29 is 4.79 Å². The molecular weight excluding hydrogens is 210 g/mol. The number of hydrogen-bond acceptors (Lipinski definition) is 1. The summed E-state index contributed by atoms with van der Waals surface area (Å²) in [5, 5.41) is 0. The molecule has 1 aliphatic carbocycles. The standard InChI is InChI=1S/C11H19NO.C4H6/c1-11(2)8-12(10(11)13)9-6-4-3-5-7-9;1-3-4-2/h9H,3-8H2,1-2H3;1-2H3. The fourth-order valence-corrected chi connectivity index (χ4v) is 2.55. The molecule has 0 bridgehead atoms. The van der Waals surface area contributed by atoms with Crippen LogP contribution in [-0.4, -0.2) is 23.4 Å². The molecule has 2 fully saturated rings. The second-order valence-corrected chi connectivity index (χ2v) is 5.61. The minimum Gasteiger partial charge on any atom is -0.338 e. The summed E-state index contributed by atoms with van der Waals surface area (Å²) in [5.41, 5.74) is -0.0581. The Kier molecular flexibility index (Phi) is 5.05. The maximum absolute atomic E-state index is 11.7. The Morgan fingerprint density at radius 2 is 1.65 bits per heavy atom. The molecule has 96 valence electrons. The van der Waals surface area contributed by atoms with Crippen molar-refractivity contribution in [1.29, 1.82) is 0 Å². The van der Waals surface area contributed by atoms with E-state index in [1.807, 2.05) is 13.8 Å². The number of carbonyl (C=O) groups is 1. The van der Waals surface area contributed by atoms with Crippen LogP contribution in [0, 0.1) is 17.3 Å². The summed E-state index contributed by atoms with van der Waals surface area (Å²) < 4.78 is 0. The fraction of sp³-hybridized carbons (Fsp3) is 0.800. The van der Waals surface area contributed by atoms with Crippen molar-refractivity contribution in [2.75, 3.05) is 6.54 Å². The normalized spacial score (nSPS) is 22.8. The number of likely N-dealkylation sites (tertiary alicyclic amines) is 1. The first-order valence-corrected chi connectivity index (χ1v) is 6.67. The van der Waals surface area contributed by atoms with Crippen LogP contribution in [0.15, 0.2) is 0 Å². The molecule has 1 aliphatic heterocycles. The molecule has 0 radical (unpaired) electrons. The molecule has 0 unspecified atom stereocenters. The largest absolute Gasteiger partial charge is 0.338 e. The number of rotatable bonds is 1. The molecule has 0 aromatic carbocycles. The highest BCUT2D eigenvalue weighted by Crippen LogP contribution is 2.36. The molecule has 0 N–H and O–H groups in total. The van der Waals surface area contributed by atoms with Gasteiger partial charge >= 0.3 is 0 Å². The Bertz CT molecular complexity index is 310. The zero-order valence-electron chi connectivity index (χ0n) is 11.7. The SMILES string of the molecule is CC#CC.CC1(C)CN(C2CCCCC2)C1=O. The lowest BCUT2D eigenvalue weighted by Gasteiger charge is -2.49. The Balaban J connectivity index is 0.000000317.